The molecular weight excluding hydrogens is 294 g/mol. The van der Waals surface area contributed by atoms with Crippen LogP contribution in [-0.4, -0.2) is 68.1 Å². The fraction of sp³-hybridized carbons (Fsp3) is 1.00. The van der Waals surface area contributed by atoms with Gasteiger partial charge in [0.1, 0.15) is 12.6 Å². The van der Waals surface area contributed by atoms with Crippen LogP contribution in [0.1, 0.15) is 19.3 Å². The molecule has 0 amide bonds. The van der Waals surface area contributed by atoms with Crippen LogP contribution in [0, 0.1) is 0 Å². The molecule has 0 bridgehead atoms. The maximum atomic E-state index is 11.0. The summed E-state index contributed by atoms with van der Waals surface area (Å²) in [7, 11) is -8.63. The molecule has 0 atom stereocenters. The second-order valence-corrected chi connectivity index (χ2v) is 8.13. The Hall–Kier alpha value is 0.220. The first kappa shape index (κ1) is 17.3. The summed E-state index contributed by atoms with van der Waals surface area (Å²) < 4.78 is 21.9. The van der Waals surface area contributed by atoms with E-state index in [1.54, 1.807) is 0 Å². The smallest absolute Gasteiger partial charge is 0.324 e. The van der Waals surface area contributed by atoms with Crippen molar-refractivity contribution in [2.24, 2.45) is 0 Å². The lowest BCUT2D eigenvalue weighted by Crippen LogP contribution is -2.38. The Kier molecular flexibility index (Phi) is 6.63. The van der Waals surface area contributed by atoms with Gasteiger partial charge in [0.05, 0.1) is 0 Å². The molecule has 19 heavy (non-hydrogen) atoms. The lowest BCUT2D eigenvalue weighted by Gasteiger charge is -2.30. The third kappa shape index (κ3) is 8.89. The van der Waals surface area contributed by atoms with Crippen LogP contribution in [0.3, 0.4) is 0 Å². The lowest BCUT2D eigenvalue weighted by molar-refractivity contribution is 0.192. The van der Waals surface area contributed by atoms with E-state index >= 15 is 0 Å². The summed E-state index contributed by atoms with van der Waals surface area (Å²) in [6.45, 7) is 2.68. The normalized spacial score (nSPS) is 19.0. The van der Waals surface area contributed by atoms with E-state index in [0.29, 0.717) is 6.54 Å². The van der Waals surface area contributed by atoms with Gasteiger partial charge in [-0.25, -0.2) is 0 Å². The molecule has 1 fully saturated rings. The van der Waals surface area contributed by atoms with Gasteiger partial charge in [-0.1, -0.05) is 6.42 Å². The topological polar surface area (TPSA) is 122 Å². The van der Waals surface area contributed by atoms with Crippen molar-refractivity contribution >= 4 is 15.2 Å². The maximum absolute atomic E-state index is 11.0. The maximum Gasteiger partial charge on any atom is 0.339 e. The van der Waals surface area contributed by atoms with E-state index in [-0.39, 0.29) is 6.54 Å². The first-order valence-electron chi connectivity index (χ1n) is 6.19. The summed E-state index contributed by atoms with van der Waals surface area (Å²) >= 11 is 0. The fourth-order valence-corrected chi connectivity index (χ4v) is 3.86. The second kappa shape index (κ2) is 7.29. The Morgan fingerprint density at radius 1 is 0.895 bits per heavy atom. The summed E-state index contributed by atoms with van der Waals surface area (Å²) in [6, 6.07) is 0. The van der Waals surface area contributed by atoms with Gasteiger partial charge in [0, 0.05) is 13.1 Å². The van der Waals surface area contributed by atoms with E-state index < -0.39 is 27.8 Å². The first-order valence-corrected chi connectivity index (χ1v) is 9.79. The number of hydrogen-bond donors (Lipinski definition) is 4. The Morgan fingerprint density at radius 2 is 1.37 bits per heavy atom. The molecule has 0 saturated carbocycles. The highest BCUT2D eigenvalue weighted by Gasteiger charge is 2.26. The van der Waals surface area contributed by atoms with Crippen molar-refractivity contribution in [2.45, 2.75) is 19.3 Å². The third-order valence-corrected chi connectivity index (χ3v) is 4.49. The number of piperidine rings is 1. The van der Waals surface area contributed by atoms with Gasteiger partial charge in [-0.2, -0.15) is 0 Å². The van der Waals surface area contributed by atoms with E-state index in [9.17, 15) is 9.13 Å². The Balaban J connectivity index is 2.48. The van der Waals surface area contributed by atoms with Crippen LogP contribution < -0.4 is 0 Å². The molecule has 0 spiro atoms. The van der Waals surface area contributed by atoms with Crippen LogP contribution in [0.2, 0.25) is 0 Å². The standard InChI is InChI=1S/C9H22N2O6P2/c12-18(13,14)8-11(9-19(15,16)17)7-6-10-4-2-1-3-5-10/h1-9H2,(H2,12,13,14)(H2,15,16,17). The van der Waals surface area contributed by atoms with Gasteiger partial charge in [-0.15, -0.1) is 0 Å². The summed E-state index contributed by atoms with van der Waals surface area (Å²) in [4.78, 5) is 39.0. The number of likely N-dealkylation sites (tertiary alicyclic amines) is 1. The zero-order chi connectivity index (χ0) is 14.5. The molecular formula is C9H22N2O6P2. The van der Waals surface area contributed by atoms with Crippen molar-refractivity contribution < 1.29 is 28.7 Å². The predicted molar refractivity (Wildman–Crippen MR) is 70.8 cm³/mol. The quantitative estimate of drug-likeness (QED) is 0.486. The zero-order valence-corrected chi connectivity index (χ0v) is 12.5. The molecule has 1 rings (SSSR count). The summed E-state index contributed by atoms with van der Waals surface area (Å²) in [5.41, 5.74) is 0. The van der Waals surface area contributed by atoms with E-state index in [2.05, 4.69) is 4.90 Å². The Bertz CT molecular complexity index is 338. The first-order chi connectivity index (χ1) is 8.66. The van der Waals surface area contributed by atoms with Gasteiger partial charge >= 0.3 is 15.2 Å². The van der Waals surface area contributed by atoms with Gasteiger partial charge in [-0.3, -0.25) is 14.0 Å². The van der Waals surface area contributed by atoms with E-state index in [4.69, 9.17) is 19.6 Å². The van der Waals surface area contributed by atoms with Gasteiger partial charge in [0.15, 0.2) is 0 Å². The second-order valence-electron chi connectivity index (χ2n) is 4.91. The van der Waals surface area contributed by atoms with Crippen LogP contribution in [0.4, 0.5) is 0 Å². The van der Waals surface area contributed by atoms with Crippen molar-refractivity contribution in [1.82, 2.24) is 9.80 Å². The molecule has 1 aliphatic heterocycles. The number of hydrogen-bond acceptors (Lipinski definition) is 4. The van der Waals surface area contributed by atoms with Crippen molar-refractivity contribution in [1.29, 1.82) is 0 Å². The highest BCUT2D eigenvalue weighted by Crippen LogP contribution is 2.40. The Morgan fingerprint density at radius 3 is 1.79 bits per heavy atom. The minimum atomic E-state index is -4.31. The van der Waals surface area contributed by atoms with Crippen molar-refractivity contribution in [3.8, 4) is 0 Å². The molecule has 0 aromatic rings. The summed E-state index contributed by atoms with van der Waals surface area (Å²) in [5.74, 6) is 0. The zero-order valence-electron chi connectivity index (χ0n) is 10.8. The molecule has 0 aromatic heterocycles. The summed E-state index contributed by atoms with van der Waals surface area (Å²) in [5, 5.41) is 0. The minimum absolute atomic E-state index is 0.246. The Labute approximate surface area is 112 Å². The highest BCUT2D eigenvalue weighted by atomic mass is 31.2. The fourth-order valence-electron chi connectivity index (χ4n) is 2.17. The molecule has 1 heterocycles. The molecule has 1 saturated heterocycles. The highest BCUT2D eigenvalue weighted by molar-refractivity contribution is 7.52. The average Bonchev–Trinajstić information content (AvgIpc) is 2.23. The molecule has 0 radical (unpaired) electrons. The van der Waals surface area contributed by atoms with Gasteiger partial charge in [0.2, 0.25) is 0 Å². The van der Waals surface area contributed by atoms with Crippen LogP contribution in [0.15, 0.2) is 0 Å². The number of nitrogens with zero attached hydrogens (tertiary/aromatic N) is 2. The molecule has 114 valence electrons. The van der Waals surface area contributed by atoms with Crippen LogP contribution in [0.5, 0.6) is 0 Å². The molecule has 8 nitrogen and oxygen atoms in total. The number of rotatable bonds is 7. The third-order valence-electron chi connectivity index (χ3n) is 2.95. The van der Waals surface area contributed by atoms with Crippen LogP contribution in [0.25, 0.3) is 0 Å². The van der Waals surface area contributed by atoms with Gasteiger partial charge in [-0.05, 0) is 25.9 Å². The molecule has 0 aromatic carbocycles. The summed E-state index contributed by atoms with van der Waals surface area (Å²) in [6.07, 6.45) is 2.14. The molecule has 0 aliphatic carbocycles. The largest absolute Gasteiger partial charge is 0.339 e. The van der Waals surface area contributed by atoms with E-state index in [1.165, 1.54) is 6.42 Å². The van der Waals surface area contributed by atoms with Crippen molar-refractivity contribution in [3.63, 3.8) is 0 Å². The molecule has 0 unspecified atom stereocenters. The van der Waals surface area contributed by atoms with E-state index in [1.807, 2.05) is 0 Å². The minimum Gasteiger partial charge on any atom is -0.324 e. The lowest BCUT2D eigenvalue weighted by atomic mass is 10.1. The molecule has 4 N–H and O–H groups in total. The average molecular weight is 316 g/mol. The molecule has 1 aliphatic rings. The van der Waals surface area contributed by atoms with Crippen LogP contribution >= 0.6 is 15.2 Å². The monoisotopic (exact) mass is 316 g/mol. The van der Waals surface area contributed by atoms with Crippen molar-refractivity contribution in [2.75, 3.05) is 38.8 Å². The predicted octanol–water partition coefficient (Wildman–Crippen LogP) is 0.0447. The van der Waals surface area contributed by atoms with Gasteiger partial charge < -0.3 is 24.5 Å². The van der Waals surface area contributed by atoms with Gasteiger partial charge in [0.25, 0.3) is 0 Å². The SMILES string of the molecule is O=P(O)(O)CN(CCN1CCCCC1)CP(=O)(O)O. The van der Waals surface area contributed by atoms with Crippen LogP contribution in [-0.2, 0) is 9.13 Å². The van der Waals surface area contributed by atoms with E-state index in [0.717, 1.165) is 30.8 Å². The van der Waals surface area contributed by atoms with Crippen molar-refractivity contribution in [3.05, 3.63) is 0 Å². The molecule has 10 heteroatoms.